The summed E-state index contributed by atoms with van der Waals surface area (Å²) >= 11 is 6.17. The Morgan fingerprint density at radius 2 is 2.10 bits per heavy atom. The number of nitrogens with one attached hydrogen (secondary N) is 1. The smallest absolute Gasteiger partial charge is 0.248 e. The Kier molecular flexibility index (Phi) is 3.45. The first-order valence-electron chi connectivity index (χ1n) is 6.30. The molecule has 0 saturated carbocycles. The SMILES string of the molecule is Cc1ccc(Nc2nc(N)n(-c3ccccn3)n2)c(Cl)c1. The summed E-state index contributed by atoms with van der Waals surface area (Å²) in [6, 6.07) is 11.2. The maximum absolute atomic E-state index is 6.17. The van der Waals surface area contributed by atoms with Gasteiger partial charge in [0, 0.05) is 6.20 Å². The van der Waals surface area contributed by atoms with Crippen molar-refractivity contribution in [2.24, 2.45) is 0 Å². The number of nitrogens with zero attached hydrogens (tertiary/aromatic N) is 4. The van der Waals surface area contributed by atoms with Gasteiger partial charge < -0.3 is 11.1 Å². The van der Waals surface area contributed by atoms with Crippen LogP contribution in [0, 0.1) is 6.92 Å². The van der Waals surface area contributed by atoms with E-state index in [1.807, 2.05) is 37.3 Å². The van der Waals surface area contributed by atoms with Crippen molar-refractivity contribution in [3.63, 3.8) is 0 Å². The first-order chi connectivity index (χ1) is 10.1. The zero-order valence-corrected chi connectivity index (χ0v) is 12.0. The van der Waals surface area contributed by atoms with Gasteiger partial charge in [-0.25, -0.2) is 4.98 Å². The second-order valence-electron chi connectivity index (χ2n) is 4.50. The minimum atomic E-state index is 0.249. The van der Waals surface area contributed by atoms with E-state index in [-0.39, 0.29) is 5.95 Å². The highest BCUT2D eigenvalue weighted by atomic mass is 35.5. The number of aryl methyl sites for hydroxylation is 1. The first-order valence-corrected chi connectivity index (χ1v) is 6.68. The third-order valence-corrected chi connectivity index (χ3v) is 3.18. The highest BCUT2D eigenvalue weighted by Gasteiger charge is 2.10. The average molecular weight is 301 g/mol. The standard InChI is InChI=1S/C14H13ClN6/c1-9-5-6-11(10(15)8-9)18-14-19-13(16)21(20-14)12-4-2-3-7-17-12/h2-8H,1H3,(H3,16,18,19,20). The molecule has 0 radical (unpaired) electrons. The van der Waals surface area contributed by atoms with Gasteiger partial charge in [-0.2, -0.15) is 9.67 Å². The number of nitrogen functional groups attached to an aromatic ring is 1. The van der Waals surface area contributed by atoms with Gasteiger partial charge in [0.1, 0.15) is 0 Å². The lowest BCUT2D eigenvalue weighted by atomic mass is 10.2. The summed E-state index contributed by atoms with van der Waals surface area (Å²) in [5, 5.41) is 7.93. The average Bonchev–Trinajstić information content (AvgIpc) is 2.84. The quantitative estimate of drug-likeness (QED) is 0.777. The molecule has 0 unspecified atom stereocenters. The molecule has 0 aliphatic carbocycles. The zero-order chi connectivity index (χ0) is 14.8. The number of aromatic nitrogens is 4. The maximum atomic E-state index is 6.17. The topological polar surface area (TPSA) is 81.6 Å². The Hall–Kier alpha value is -2.60. The molecular formula is C14H13ClN6. The molecule has 0 amide bonds. The molecule has 0 aliphatic heterocycles. The number of halogens is 1. The minimum absolute atomic E-state index is 0.249. The van der Waals surface area contributed by atoms with Crippen molar-refractivity contribution in [2.75, 3.05) is 11.1 Å². The van der Waals surface area contributed by atoms with E-state index in [1.54, 1.807) is 12.3 Å². The van der Waals surface area contributed by atoms with Crippen LogP contribution in [0.2, 0.25) is 5.02 Å². The summed E-state index contributed by atoms with van der Waals surface area (Å²) in [6.45, 7) is 1.97. The molecule has 0 fully saturated rings. The lowest BCUT2D eigenvalue weighted by Gasteiger charge is -2.05. The van der Waals surface area contributed by atoms with Crippen LogP contribution in [0.4, 0.5) is 17.6 Å². The van der Waals surface area contributed by atoms with E-state index in [0.717, 1.165) is 11.3 Å². The van der Waals surface area contributed by atoms with Crippen LogP contribution < -0.4 is 11.1 Å². The van der Waals surface area contributed by atoms with Crippen LogP contribution in [-0.2, 0) is 0 Å². The highest BCUT2D eigenvalue weighted by Crippen LogP contribution is 2.25. The Labute approximate surface area is 126 Å². The Morgan fingerprint density at radius 3 is 2.81 bits per heavy atom. The summed E-state index contributed by atoms with van der Waals surface area (Å²) in [5.41, 5.74) is 7.67. The van der Waals surface area contributed by atoms with Gasteiger partial charge in [0.05, 0.1) is 10.7 Å². The molecule has 2 heterocycles. The van der Waals surface area contributed by atoms with Crippen molar-refractivity contribution in [2.45, 2.75) is 6.92 Å². The van der Waals surface area contributed by atoms with Crippen LogP contribution in [0.1, 0.15) is 5.56 Å². The fourth-order valence-corrected chi connectivity index (χ4v) is 2.15. The van der Waals surface area contributed by atoms with Gasteiger partial charge >= 0.3 is 0 Å². The van der Waals surface area contributed by atoms with Crippen LogP contribution >= 0.6 is 11.6 Å². The fourth-order valence-electron chi connectivity index (χ4n) is 1.87. The predicted molar refractivity (Wildman–Crippen MR) is 83.0 cm³/mol. The van der Waals surface area contributed by atoms with Crippen molar-refractivity contribution in [3.05, 3.63) is 53.2 Å². The first kappa shape index (κ1) is 13.4. The number of rotatable bonds is 3. The van der Waals surface area contributed by atoms with Gasteiger partial charge in [0.25, 0.3) is 0 Å². The van der Waals surface area contributed by atoms with Gasteiger partial charge in [-0.15, -0.1) is 5.10 Å². The molecule has 0 spiro atoms. The molecule has 1 aromatic carbocycles. The van der Waals surface area contributed by atoms with Gasteiger partial charge in [-0.05, 0) is 36.8 Å². The van der Waals surface area contributed by atoms with E-state index in [2.05, 4.69) is 20.4 Å². The van der Waals surface area contributed by atoms with Crippen LogP contribution in [-0.4, -0.2) is 19.7 Å². The normalized spacial score (nSPS) is 10.6. The van der Waals surface area contributed by atoms with E-state index in [1.165, 1.54) is 4.68 Å². The van der Waals surface area contributed by atoms with Gasteiger partial charge in [0.2, 0.25) is 11.9 Å². The van der Waals surface area contributed by atoms with E-state index < -0.39 is 0 Å². The van der Waals surface area contributed by atoms with Crippen LogP contribution in [0.5, 0.6) is 0 Å². The molecule has 21 heavy (non-hydrogen) atoms. The lowest BCUT2D eigenvalue weighted by Crippen LogP contribution is -2.04. The molecule has 3 rings (SSSR count). The molecule has 106 valence electrons. The van der Waals surface area contributed by atoms with E-state index >= 15 is 0 Å². The minimum Gasteiger partial charge on any atom is -0.368 e. The second kappa shape index (κ2) is 5.41. The molecule has 0 atom stereocenters. The van der Waals surface area contributed by atoms with E-state index in [0.29, 0.717) is 16.8 Å². The number of hydrogen-bond acceptors (Lipinski definition) is 5. The van der Waals surface area contributed by atoms with Crippen molar-refractivity contribution in [3.8, 4) is 5.82 Å². The molecule has 3 aromatic rings. The summed E-state index contributed by atoms with van der Waals surface area (Å²) in [5.74, 6) is 1.22. The maximum Gasteiger partial charge on any atom is 0.248 e. The fraction of sp³-hybridized carbons (Fsp3) is 0.0714. The molecule has 0 saturated heterocycles. The molecule has 3 N–H and O–H groups in total. The monoisotopic (exact) mass is 300 g/mol. The van der Waals surface area contributed by atoms with Crippen molar-refractivity contribution < 1.29 is 0 Å². The Balaban J connectivity index is 1.91. The van der Waals surface area contributed by atoms with Crippen LogP contribution in [0.15, 0.2) is 42.6 Å². The number of benzene rings is 1. The third-order valence-electron chi connectivity index (χ3n) is 2.87. The summed E-state index contributed by atoms with van der Waals surface area (Å²) < 4.78 is 1.46. The van der Waals surface area contributed by atoms with Crippen LogP contribution in [0.25, 0.3) is 5.82 Å². The number of pyridine rings is 1. The molecule has 0 aliphatic rings. The van der Waals surface area contributed by atoms with E-state index in [4.69, 9.17) is 17.3 Å². The Bertz CT molecular complexity index is 768. The molecule has 0 bridgehead atoms. The van der Waals surface area contributed by atoms with Crippen molar-refractivity contribution in [1.82, 2.24) is 19.7 Å². The largest absolute Gasteiger partial charge is 0.368 e. The second-order valence-corrected chi connectivity index (χ2v) is 4.91. The summed E-state index contributed by atoms with van der Waals surface area (Å²) in [6.07, 6.45) is 1.67. The van der Waals surface area contributed by atoms with Crippen LogP contribution in [0.3, 0.4) is 0 Å². The molecule has 7 heteroatoms. The van der Waals surface area contributed by atoms with Gasteiger partial charge in [-0.1, -0.05) is 23.7 Å². The molecule has 2 aromatic heterocycles. The lowest BCUT2D eigenvalue weighted by molar-refractivity contribution is 0.859. The molecular weight excluding hydrogens is 288 g/mol. The van der Waals surface area contributed by atoms with E-state index in [9.17, 15) is 0 Å². The summed E-state index contributed by atoms with van der Waals surface area (Å²) in [7, 11) is 0. The number of anilines is 3. The van der Waals surface area contributed by atoms with Crippen molar-refractivity contribution >= 4 is 29.2 Å². The van der Waals surface area contributed by atoms with Crippen molar-refractivity contribution in [1.29, 1.82) is 0 Å². The highest BCUT2D eigenvalue weighted by molar-refractivity contribution is 6.33. The van der Waals surface area contributed by atoms with Gasteiger partial charge in [-0.3, -0.25) is 0 Å². The third kappa shape index (κ3) is 2.80. The Morgan fingerprint density at radius 1 is 1.24 bits per heavy atom. The van der Waals surface area contributed by atoms with Gasteiger partial charge in [0.15, 0.2) is 5.82 Å². The predicted octanol–water partition coefficient (Wildman–Crippen LogP) is 2.95. The zero-order valence-electron chi connectivity index (χ0n) is 11.3. The number of nitrogens with two attached hydrogens (primary N) is 1. The summed E-state index contributed by atoms with van der Waals surface area (Å²) in [4.78, 5) is 8.35. The molecule has 6 nitrogen and oxygen atoms in total. The number of hydrogen-bond donors (Lipinski definition) is 2.